The Labute approximate surface area is 141 Å². The molecule has 1 aliphatic heterocycles. The minimum absolute atomic E-state index is 0.00270. The fourth-order valence-corrected chi connectivity index (χ4v) is 3.09. The summed E-state index contributed by atoms with van der Waals surface area (Å²) in [4.78, 5) is 16.4. The maximum atomic E-state index is 11.8. The van der Waals surface area contributed by atoms with Crippen molar-refractivity contribution in [2.24, 2.45) is 7.05 Å². The fraction of sp³-hybridized carbons (Fsp3) is 0.562. The third-order valence-electron chi connectivity index (χ3n) is 4.40. The van der Waals surface area contributed by atoms with Crippen molar-refractivity contribution in [3.8, 4) is 0 Å². The van der Waals surface area contributed by atoms with Crippen molar-refractivity contribution in [1.29, 1.82) is 0 Å². The molecule has 2 N–H and O–H groups in total. The second-order valence-corrected chi connectivity index (χ2v) is 5.95. The molecular weight excluding hydrogens is 306 g/mol. The summed E-state index contributed by atoms with van der Waals surface area (Å²) in [5.74, 6) is 0.561. The lowest BCUT2D eigenvalue weighted by Gasteiger charge is -2.32. The van der Waals surface area contributed by atoms with Crippen LogP contribution in [0, 0.1) is 0 Å². The van der Waals surface area contributed by atoms with E-state index in [-0.39, 0.29) is 18.0 Å². The van der Waals surface area contributed by atoms with E-state index in [1.165, 1.54) is 0 Å². The number of nitrogens with one attached hydrogen (secondary N) is 2. The first-order valence-corrected chi connectivity index (χ1v) is 8.38. The van der Waals surface area contributed by atoms with Gasteiger partial charge in [0.15, 0.2) is 0 Å². The molecule has 1 fully saturated rings. The van der Waals surface area contributed by atoms with Gasteiger partial charge in [-0.2, -0.15) is 10.2 Å². The van der Waals surface area contributed by atoms with Gasteiger partial charge in [-0.3, -0.25) is 9.48 Å². The molecule has 1 amide bonds. The zero-order valence-corrected chi connectivity index (χ0v) is 14.3. The summed E-state index contributed by atoms with van der Waals surface area (Å²) in [5, 5.41) is 19.1. The molecule has 0 bridgehead atoms. The SMILES string of the molecule is CCc1nnc(N[C@@H]2CCC(=O)N[C@H]2c2ccnn2C)nc1CC. The maximum Gasteiger partial charge on any atom is 0.243 e. The quantitative estimate of drug-likeness (QED) is 0.854. The van der Waals surface area contributed by atoms with Crippen LogP contribution < -0.4 is 10.6 Å². The van der Waals surface area contributed by atoms with Crippen LogP contribution in [0.25, 0.3) is 0 Å². The third kappa shape index (κ3) is 3.22. The number of carbonyl (C=O) groups excluding carboxylic acids is 1. The Bertz CT molecular complexity index is 727. The molecule has 2 atom stereocenters. The van der Waals surface area contributed by atoms with Crippen molar-refractivity contribution >= 4 is 11.9 Å². The highest BCUT2D eigenvalue weighted by Crippen LogP contribution is 2.26. The molecule has 2 aromatic heterocycles. The first-order valence-electron chi connectivity index (χ1n) is 8.38. The molecule has 8 nitrogen and oxygen atoms in total. The minimum atomic E-state index is -0.168. The Kier molecular flexibility index (Phi) is 4.73. The molecular formula is C16H23N7O. The van der Waals surface area contributed by atoms with Crippen molar-refractivity contribution in [2.75, 3.05) is 5.32 Å². The number of aromatic nitrogens is 5. The first-order chi connectivity index (χ1) is 11.6. The van der Waals surface area contributed by atoms with Gasteiger partial charge < -0.3 is 10.6 Å². The van der Waals surface area contributed by atoms with Crippen molar-refractivity contribution in [3.63, 3.8) is 0 Å². The second-order valence-electron chi connectivity index (χ2n) is 5.95. The summed E-state index contributed by atoms with van der Waals surface area (Å²) in [7, 11) is 1.87. The molecule has 3 rings (SSSR count). The molecule has 3 heterocycles. The highest BCUT2D eigenvalue weighted by molar-refractivity contribution is 5.77. The standard InChI is InChI=1S/C16H23N7O/c1-4-10-11(5-2)21-22-16(18-10)19-12-6-7-14(24)20-15(12)13-8-9-17-23(13)3/h8-9,12,15H,4-7H2,1-3H3,(H,20,24)(H,18,19,22)/t12-,15-/m1/s1. The van der Waals surface area contributed by atoms with Gasteiger partial charge in [0, 0.05) is 19.7 Å². The number of piperidine rings is 1. The van der Waals surface area contributed by atoms with E-state index in [2.05, 4.69) is 37.8 Å². The predicted octanol–water partition coefficient (Wildman–Crippen LogP) is 1.16. The number of carbonyl (C=O) groups is 1. The van der Waals surface area contributed by atoms with Crippen LogP contribution in [0.3, 0.4) is 0 Å². The van der Waals surface area contributed by atoms with E-state index in [1.54, 1.807) is 10.9 Å². The number of rotatable bonds is 5. The van der Waals surface area contributed by atoms with Crippen LogP contribution in [-0.2, 0) is 24.7 Å². The summed E-state index contributed by atoms with van der Waals surface area (Å²) < 4.78 is 1.78. The topological polar surface area (TPSA) is 97.6 Å². The van der Waals surface area contributed by atoms with Crippen LogP contribution in [0.15, 0.2) is 12.3 Å². The van der Waals surface area contributed by atoms with E-state index in [0.29, 0.717) is 18.8 Å². The van der Waals surface area contributed by atoms with E-state index in [4.69, 9.17) is 0 Å². The number of anilines is 1. The zero-order valence-electron chi connectivity index (χ0n) is 14.3. The van der Waals surface area contributed by atoms with Crippen LogP contribution in [0.1, 0.15) is 49.8 Å². The van der Waals surface area contributed by atoms with Gasteiger partial charge in [0.1, 0.15) is 0 Å². The zero-order chi connectivity index (χ0) is 17.1. The second kappa shape index (κ2) is 6.94. The number of nitrogens with zero attached hydrogens (tertiary/aromatic N) is 5. The molecule has 0 radical (unpaired) electrons. The summed E-state index contributed by atoms with van der Waals surface area (Å²) in [6.45, 7) is 4.11. The lowest BCUT2D eigenvalue weighted by Crippen LogP contribution is -2.46. The monoisotopic (exact) mass is 329 g/mol. The van der Waals surface area contributed by atoms with Gasteiger partial charge in [0.25, 0.3) is 0 Å². The number of amides is 1. The van der Waals surface area contributed by atoms with Crippen LogP contribution in [0.5, 0.6) is 0 Å². The largest absolute Gasteiger partial charge is 0.348 e. The van der Waals surface area contributed by atoms with Crippen molar-refractivity contribution < 1.29 is 4.79 Å². The summed E-state index contributed by atoms with van der Waals surface area (Å²) in [5.41, 5.74) is 2.85. The Balaban J connectivity index is 1.84. The van der Waals surface area contributed by atoms with Crippen molar-refractivity contribution in [3.05, 3.63) is 29.3 Å². The molecule has 0 spiro atoms. The average Bonchev–Trinajstić information content (AvgIpc) is 3.02. The van der Waals surface area contributed by atoms with Crippen molar-refractivity contribution in [1.82, 2.24) is 30.3 Å². The third-order valence-corrected chi connectivity index (χ3v) is 4.40. The Morgan fingerprint density at radius 2 is 2.08 bits per heavy atom. The molecule has 0 unspecified atom stereocenters. The number of hydrogen-bond acceptors (Lipinski definition) is 6. The molecule has 0 aromatic carbocycles. The lowest BCUT2D eigenvalue weighted by atomic mass is 9.95. The molecule has 2 aromatic rings. The van der Waals surface area contributed by atoms with Gasteiger partial charge in [0.05, 0.1) is 29.2 Å². The van der Waals surface area contributed by atoms with Gasteiger partial charge in [-0.05, 0) is 25.3 Å². The van der Waals surface area contributed by atoms with Crippen LogP contribution in [0.2, 0.25) is 0 Å². The van der Waals surface area contributed by atoms with Crippen LogP contribution in [-0.4, -0.2) is 36.9 Å². The highest BCUT2D eigenvalue weighted by atomic mass is 16.1. The lowest BCUT2D eigenvalue weighted by molar-refractivity contribution is -0.123. The van der Waals surface area contributed by atoms with Crippen LogP contribution in [0.4, 0.5) is 5.95 Å². The molecule has 128 valence electrons. The van der Waals surface area contributed by atoms with E-state index in [9.17, 15) is 4.79 Å². The molecule has 1 aliphatic rings. The van der Waals surface area contributed by atoms with Gasteiger partial charge in [-0.25, -0.2) is 4.98 Å². The van der Waals surface area contributed by atoms with Gasteiger partial charge in [0.2, 0.25) is 11.9 Å². The van der Waals surface area contributed by atoms with Gasteiger partial charge >= 0.3 is 0 Å². The van der Waals surface area contributed by atoms with Crippen molar-refractivity contribution in [2.45, 2.75) is 51.6 Å². The fourth-order valence-electron chi connectivity index (χ4n) is 3.09. The Morgan fingerprint density at radius 1 is 1.29 bits per heavy atom. The number of hydrogen-bond donors (Lipinski definition) is 2. The molecule has 0 aliphatic carbocycles. The minimum Gasteiger partial charge on any atom is -0.348 e. The van der Waals surface area contributed by atoms with Gasteiger partial charge in [-0.15, -0.1) is 5.10 Å². The predicted molar refractivity (Wildman–Crippen MR) is 89.3 cm³/mol. The highest BCUT2D eigenvalue weighted by Gasteiger charge is 2.32. The average molecular weight is 329 g/mol. The molecule has 8 heteroatoms. The normalized spacial score (nSPS) is 20.7. The molecule has 24 heavy (non-hydrogen) atoms. The van der Waals surface area contributed by atoms with E-state index in [1.807, 2.05) is 20.0 Å². The van der Waals surface area contributed by atoms with Gasteiger partial charge in [-0.1, -0.05) is 13.8 Å². The Hall–Kier alpha value is -2.51. The maximum absolute atomic E-state index is 11.8. The summed E-state index contributed by atoms with van der Waals surface area (Å²) in [6, 6.07) is 1.75. The molecule has 1 saturated heterocycles. The summed E-state index contributed by atoms with van der Waals surface area (Å²) in [6.07, 6.45) is 4.56. The van der Waals surface area contributed by atoms with E-state index in [0.717, 1.165) is 29.9 Å². The first kappa shape index (κ1) is 16.4. The number of aryl methyl sites for hydroxylation is 3. The molecule has 0 saturated carbocycles. The summed E-state index contributed by atoms with van der Waals surface area (Å²) >= 11 is 0. The Morgan fingerprint density at radius 3 is 2.75 bits per heavy atom. The smallest absolute Gasteiger partial charge is 0.243 e. The van der Waals surface area contributed by atoms with Crippen LogP contribution >= 0.6 is 0 Å². The van der Waals surface area contributed by atoms with E-state index >= 15 is 0 Å². The van der Waals surface area contributed by atoms with E-state index < -0.39 is 0 Å².